The van der Waals surface area contributed by atoms with E-state index in [9.17, 15) is 13.0 Å². The zero-order valence-corrected chi connectivity index (χ0v) is 23.5. The first-order valence-corrected chi connectivity index (χ1v) is 15.2. The molecule has 8 nitrogen and oxygen atoms in total. The Labute approximate surface area is 239 Å². The molecule has 2 heterocycles. The van der Waals surface area contributed by atoms with Gasteiger partial charge in [-0.25, -0.2) is 9.97 Å². The standard InChI is InChI=1S/C32H32N4O4S/c1-21-7-5-6-8-24(21)19-22-11-16-27(28(20-22)41(37,38)39)32-35-29(30-31(33)34-17-18-36(30)32)23-12-14-26(15-13-23)40-25-9-3-2-4-10-25/h2-10,12-15,17-18,22,27-28H,11,16,19-20H2,1H3,(H2,33,34)(H,37,38,39). The van der Waals surface area contributed by atoms with Crippen molar-refractivity contribution in [1.82, 2.24) is 14.4 Å². The Kier molecular flexibility index (Phi) is 7.23. The van der Waals surface area contributed by atoms with Crippen LogP contribution in [0.5, 0.6) is 11.5 Å². The molecule has 0 radical (unpaired) electrons. The molecule has 41 heavy (non-hydrogen) atoms. The summed E-state index contributed by atoms with van der Waals surface area (Å²) in [4.78, 5) is 9.26. The van der Waals surface area contributed by atoms with Gasteiger partial charge in [0.2, 0.25) is 0 Å². The van der Waals surface area contributed by atoms with E-state index in [4.69, 9.17) is 15.5 Å². The topological polar surface area (TPSA) is 120 Å². The molecule has 0 aliphatic heterocycles. The Morgan fingerprint density at radius 3 is 2.41 bits per heavy atom. The van der Waals surface area contributed by atoms with Crippen molar-refractivity contribution >= 4 is 21.5 Å². The lowest BCUT2D eigenvalue weighted by Gasteiger charge is -2.34. The van der Waals surface area contributed by atoms with Crippen molar-refractivity contribution in [2.24, 2.45) is 5.92 Å². The fraction of sp³-hybridized carbons (Fsp3) is 0.250. The van der Waals surface area contributed by atoms with Gasteiger partial charge >= 0.3 is 0 Å². The van der Waals surface area contributed by atoms with Gasteiger partial charge in [-0.2, -0.15) is 8.42 Å². The normalized spacial score (nSPS) is 19.3. The predicted octanol–water partition coefficient (Wildman–Crippen LogP) is 6.46. The molecule has 0 amide bonds. The van der Waals surface area contributed by atoms with Crippen LogP contribution in [0.25, 0.3) is 16.8 Å². The fourth-order valence-corrected chi connectivity index (χ4v) is 7.22. The maximum atomic E-state index is 12.8. The minimum atomic E-state index is -4.34. The fourth-order valence-electron chi connectivity index (χ4n) is 6.03. The number of fused-ring (bicyclic) bond motifs is 1. The smallest absolute Gasteiger partial charge is 0.268 e. The average Bonchev–Trinajstić information content (AvgIpc) is 3.36. The molecule has 1 fully saturated rings. The van der Waals surface area contributed by atoms with Crippen LogP contribution < -0.4 is 10.5 Å². The van der Waals surface area contributed by atoms with Crippen LogP contribution in [0.4, 0.5) is 5.82 Å². The number of para-hydroxylation sites is 1. The van der Waals surface area contributed by atoms with Crippen molar-refractivity contribution < 1.29 is 17.7 Å². The Bertz CT molecular complexity index is 1790. The number of hydrogen-bond donors (Lipinski definition) is 2. The first kappa shape index (κ1) is 27.0. The van der Waals surface area contributed by atoms with Gasteiger partial charge in [0.25, 0.3) is 10.1 Å². The quantitative estimate of drug-likeness (QED) is 0.216. The van der Waals surface area contributed by atoms with Crippen molar-refractivity contribution in [3.05, 3.63) is 108 Å². The average molecular weight is 569 g/mol. The van der Waals surface area contributed by atoms with Crippen LogP contribution in [0, 0.1) is 12.8 Å². The monoisotopic (exact) mass is 568 g/mol. The number of benzene rings is 3. The number of rotatable bonds is 7. The molecule has 3 atom stereocenters. The van der Waals surface area contributed by atoms with Gasteiger partial charge < -0.3 is 10.5 Å². The van der Waals surface area contributed by atoms with E-state index in [1.54, 1.807) is 12.4 Å². The molecule has 0 saturated heterocycles. The largest absolute Gasteiger partial charge is 0.457 e. The van der Waals surface area contributed by atoms with Crippen molar-refractivity contribution in [2.75, 3.05) is 5.73 Å². The van der Waals surface area contributed by atoms with E-state index < -0.39 is 21.3 Å². The van der Waals surface area contributed by atoms with Gasteiger partial charge in [0.05, 0.1) is 5.25 Å². The van der Waals surface area contributed by atoms with Crippen LogP contribution in [-0.4, -0.2) is 32.6 Å². The van der Waals surface area contributed by atoms with Gasteiger partial charge in [0, 0.05) is 23.9 Å². The lowest BCUT2D eigenvalue weighted by atomic mass is 9.78. The molecule has 2 aromatic heterocycles. The number of aromatic nitrogens is 3. The van der Waals surface area contributed by atoms with Crippen LogP contribution in [0.15, 0.2) is 91.3 Å². The summed E-state index contributed by atoms with van der Waals surface area (Å²) in [7, 11) is -4.34. The molecule has 0 spiro atoms. The van der Waals surface area contributed by atoms with Gasteiger partial charge in [-0.05, 0) is 86.1 Å². The van der Waals surface area contributed by atoms with E-state index in [1.165, 1.54) is 11.1 Å². The highest BCUT2D eigenvalue weighted by Gasteiger charge is 2.41. The highest BCUT2D eigenvalue weighted by atomic mass is 32.2. The summed E-state index contributed by atoms with van der Waals surface area (Å²) in [6, 6.07) is 25.2. The number of anilines is 1. The summed E-state index contributed by atoms with van der Waals surface area (Å²) in [6.45, 7) is 2.07. The summed E-state index contributed by atoms with van der Waals surface area (Å²) in [5.41, 5.74) is 10.7. The second-order valence-electron chi connectivity index (χ2n) is 10.8. The van der Waals surface area contributed by atoms with Crippen molar-refractivity contribution in [3.8, 4) is 22.8 Å². The maximum Gasteiger partial charge on any atom is 0.268 e. The highest BCUT2D eigenvalue weighted by Crippen LogP contribution is 2.42. The van der Waals surface area contributed by atoms with Crippen LogP contribution in [-0.2, 0) is 16.5 Å². The lowest BCUT2D eigenvalue weighted by Crippen LogP contribution is -2.36. The number of imidazole rings is 1. The molecule has 6 rings (SSSR count). The summed E-state index contributed by atoms with van der Waals surface area (Å²) in [5, 5.41) is -0.972. The highest BCUT2D eigenvalue weighted by molar-refractivity contribution is 7.86. The van der Waals surface area contributed by atoms with Gasteiger partial charge in [-0.1, -0.05) is 42.5 Å². The van der Waals surface area contributed by atoms with E-state index in [2.05, 4.69) is 24.0 Å². The molecule has 1 aliphatic carbocycles. The molecule has 5 aromatic rings. The Balaban J connectivity index is 1.34. The van der Waals surface area contributed by atoms with Crippen molar-refractivity contribution in [1.29, 1.82) is 0 Å². The van der Waals surface area contributed by atoms with Crippen molar-refractivity contribution in [2.45, 2.75) is 43.8 Å². The third-order valence-electron chi connectivity index (χ3n) is 8.10. The van der Waals surface area contributed by atoms with E-state index in [0.717, 1.165) is 24.2 Å². The number of nitrogen functional groups attached to an aromatic ring is 1. The lowest BCUT2D eigenvalue weighted by molar-refractivity contribution is 0.304. The van der Waals surface area contributed by atoms with Gasteiger partial charge in [0.15, 0.2) is 0 Å². The van der Waals surface area contributed by atoms with Gasteiger partial charge in [-0.15, -0.1) is 0 Å². The summed E-state index contributed by atoms with van der Waals surface area (Å²) < 4.78 is 43.7. The molecular weight excluding hydrogens is 536 g/mol. The van der Waals surface area contributed by atoms with Crippen LogP contribution in [0.1, 0.15) is 42.1 Å². The molecule has 210 valence electrons. The minimum Gasteiger partial charge on any atom is -0.457 e. The molecule has 9 heteroatoms. The third kappa shape index (κ3) is 5.55. The zero-order valence-electron chi connectivity index (χ0n) is 22.7. The Morgan fingerprint density at radius 2 is 1.68 bits per heavy atom. The van der Waals surface area contributed by atoms with Crippen LogP contribution in [0.2, 0.25) is 0 Å². The first-order chi connectivity index (χ1) is 19.8. The number of nitrogens with two attached hydrogens (primary N) is 1. The SMILES string of the molecule is Cc1ccccc1CC1CCC(c2nc(-c3ccc(Oc4ccccc4)cc3)c3c(N)nccn23)C(S(=O)(=O)O)C1. The van der Waals surface area contributed by atoms with E-state index in [0.29, 0.717) is 41.4 Å². The minimum absolute atomic E-state index is 0.133. The molecule has 1 aliphatic rings. The maximum absolute atomic E-state index is 12.8. The predicted molar refractivity (Wildman–Crippen MR) is 160 cm³/mol. The second-order valence-corrected chi connectivity index (χ2v) is 12.4. The molecule has 1 saturated carbocycles. The third-order valence-corrected chi connectivity index (χ3v) is 9.39. The summed E-state index contributed by atoms with van der Waals surface area (Å²) >= 11 is 0. The van der Waals surface area contributed by atoms with Crippen LogP contribution in [0.3, 0.4) is 0 Å². The molecule has 3 unspecified atom stereocenters. The van der Waals surface area contributed by atoms with Gasteiger partial charge in [-0.3, -0.25) is 8.95 Å². The van der Waals surface area contributed by atoms with Gasteiger partial charge in [0.1, 0.15) is 34.4 Å². The molecular formula is C32H32N4O4S. The zero-order chi connectivity index (χ0) is 28.6. The van der Waals surface area contributed by atoms with E-state index in [-0.39, 0.29) is 5.92 Å². The molecule has 3 aromatic carbocycles. The number of nitrogens with zero attached hydrogens (tertiary/aromatic N) is 3. The van der Waals surface area contributed by atoms with E-state index in [1.807, 2.05) is 71.1 Å². The number of aryl methyl sites for hydroxylation is 1. The van der Waals surface area contributed by atoms with E-state index >= 15 is 0 Å². The number of ether oxygens (including phenoxy) is 1. The molecule has 3 N–H and O–H groups in total. The Morgan fingerprint density at radius 1 is 0.976 bits per heavy atom. The first-order valence-electron chi connectivity index (χ1n) is 13.7. The molecule has 0 bridgehead atoms. The van der Waals surface area contributed by atoms with Crippen molar-refractivity contribution in [3.63, 3.8) is 0 Å². The second kappa shape index (κ2) is 11.0. The Hall–Kier alpha value is -4.21. The van der Waals surface area contributed by atoms with Crippen LogP contribution >= 0.6 is 0 Å². The number of hydrogen-bond acceptors (Lipinski definition) is 6. The summed E-state index contributed by atoms with van der Waals surface area (Å²) in [5.74, 6) is 1.90. The summed E-state index contributed by atoms with van der Waals surface area (Å²) in [6.07, 6.45) is 5.86.